The monoisotopic (exact) mass is 775 g/mol. The van der Waals surface area contributed by atoms with Crippen LogP contribution in [-0.4, -0.2) is 15.0 Å². The Bertz CT molecular complexity index is 3210. The molecule has 0 saturated carbocycles. The molecule has 0 radical (unpaired) electrons. The van der Waals surface area contributed by atoms with Crippen LogP contribution in [-0.2, 0) is 5.41 Å². The summed E-state index contributed by atoms with van der Waals surface area (Å²) >= 11 is 0. The van der Waals surface area contributed by atoms with Gasteiger partial charge in [0.2, 0.25) is 0 Å². The molecule has 0 N–H and O–H groups in total. The summed E-state index contributed by atoms with van der Waals surface area (Å²) in [4.78, 5) is 14.9. The van der Waals surface area contributed by atoms with Crippen molar-refractivity contribution in [1.82, 2.24) is 15.0 Å². The van der Waals surface area contributed by atoms with E-state index in [1.165, 1.54) is 61.2 Å². The van der Waals surface area contributed by atoms with Crippen LogP contribution in [0.3, 0.4) is 0 Å². The smallest absolute Gasteiger partial charge is 0.164 e. The van der Waals surface area contributed by atoms with Crippen molar-refractivity contribution >= 4 is 0 Å². The number of aromatic nitrogens is 3. The summed E-state index contributed by atoms with van der Waals surface area (Å²) < 4.78 is 0. The lowest BCUT2D eigenvalue weighted by Crippen LogP contribution is -2.25. The highest BCUT2D eigenvalue weighted by Crippen LogP contribution is 2.64. The highest BCUT2D eigenvalue weighted by atomic mass is 15.0. The van der Waals surface area contributed by atoms with Crippen LogP contribution in [0.15, 0.2) is 224 Å². The van der Waals surface area contributed by atoms with Gasteiger partial charge in [0, 0.05) is 16.7 Å². The zero-order chi connectivity index (χ0) is 40.3. The van der Waals surface area contributed by atoms with Gasteiger partial charge in [-0.25, -0.2) is 15.0 Å². The molecule has 0 aliphatic heterocycles. The van der Waals surface area contributed by atoms with Gasteiger partial charge in [-0.3, -0.25) is 0 Å². The molecule has 2 aliphatic carbocycles. The van der Waals surface area contributed by atoms with Crippen molar-refractivity contribution in [3.8, 4) is 89.8 Å². The molecular weight excluding hydrogens is 739 g/mol. The van der Waals surface area contributed by atoms with Crippen molar-refractivity contribution in [1.29, 1.82) is 0 Å². The van der Waals surface area contributed by atoms with Crippen LogP contribution in [0.4, 0.5) is 0 Å². The molecule has 0 amide bonds. The number of hydrogen-bond acceptors (Lipinski definition) is 3. The first-order valence-corrected chi connectivity index (χ1v) is 20.9. The predicted octanol–water partition coefficient (Wildman–Crippen LogP) is 14.2. The van der Waals surface area contributed by atoms with Gasteiger partial charge in [-0.2, -0.15) is 0 Å². The van der Waals surface area contributed by atoms with E-state index < -0.39 is 0 Å². The van der Waals surface area contributed by atoms with E-state index in [1.807, 2.05) is 60.7 Å². The Morgan fingerprint density at radius 1 is 0.230 bits per heavy atom. The van der Waals surface area contributed by atoms with Crippen molar-refractivity contribution in [3.05, 3.63) is 247 Å². The largest absolute Gasteiger partial charge is 0.208 e. The van der Waals surface area contributed by atoms with Crippen LogP contribution in [0.1, 0.15) is 22.3 Å². The van der Waals surface area contributed by atoms with Crippen LogP contribution < -0.4 is 0 Å². The van der Waals surface area contributed by atoms with Gasteiger partial charge in [0.05, 0.1) is 5.41 Å². The van der Waals surface area contributed by atoms with Crippen LogP contribution >= 0.6 is 0 Å². The molecule has 0 fully saturated rings. The Kier molecular flexibility index (Phi) is 8.07. The third-order valence-electron chi connectivity index (χ3n) is 12.5. The highest BCUT2D eigenvalue weighted by molar-refractivity contribution is 6.00. The predicted molar refractivity (Wildman–Crippen MR) is 249 cm³/mol. The second-order valence-electron chi connectivity index (χ2n) is 15.9. The lowest BCUT2D eigenvalue weighted by atomic mass is 9.70. The Morgan fingerprint density at radius 2 is 0.557 bits per heavy atom. The summed E-state index contributed by atoms with van der Waals surface area (Å²) in [5.41, 5.74) is 20.1. The molecule has 10 aromatic rings. The van der Waals surface area contributed by atoms with E-state index in [9.17, 15) is 0 Å². The second-order valence-corrected chi connectivity index (χ2v) is 15.9. The quantitative estimate of drug-likeness (QED) is 0.169. The Balaban J connectivity index is 0.941. The van der Waals surface area contributed by atoms with Crippen LogP contribution in [0.2, 0.25) is 0 Å². The van der Waals surface area contributed by atoms with Gasteiger partial charge in [0.1, 0.15) is 0 Å². The fraction of sp³-hybridized carbons (Fsp3) is 0.0172. The van der Waals surface area contributed by atoms with E-state index in [-0.39, 0.29) is 5.41 Å². The number of nitrogens with zero attached hydrogens (tertiary/aromatic N) is 3. The highest BCUT2D eigenvalue weighted by Gasteiger charge is 2.51. The first-order valence-electron chi connectivity index (χ1n) is 20.9. The zero-order valence-corrected chi connectivity index (χ0v) is 33.2. The lowest BCUT2D eigenvalue weighted by Gasteiger charge is -2.30. The normalized spacial score (nSPS) is 12.7. The zero-order valence-electron chi connectivity index (χ0n) is 33.2. The fourth-order valence-electron chi connectivity index (χ4n) is 9.90. The molecule has 0 bridgehead atoms. The minimum atomic E-state index is -0.372. The van der Waals surface area contributed by atoms with Gasteiger partial charge >= 0.3 is 0 Å². The SMILES string of the molecule is c1ccc(-c2nc(-c3ccccc3)nc(-c3cccc(-c4cccc(-c5cccc(-c6cccc7c6-c6ccccc6C76c7ccccc7-c7ccccc76)c5)c4)c3)n2)cc1. The number of rotatable bonds is 6. The van der Waals surface area contributed by atoms with E-state index in [4.69, 9.17) is 15.0 Å². The molecule has 3 nitrogen and oxygen atoms in total. The van der Waals surface area contributed by atoms with Gasteiger partial charge in [-0.1, -0.05) is 206 Å². The number of hydrogen-bond donors (Lipinski definition) is 0. The van der Waals surface area contributed by atoms with Crippen LogP contribution in [0.25, 0.3) is 89.8 Å². The van der Waals surface area contributed by atoms with Crippen molar-refractivity contribution in [2.45, 2.75) is 5.41 Å². The van der Waals surface area contributed by atoms with E-state index in [2.05, 4.69) is 164 Å². The average Bonchev–Trinajstić information content (AvgIpc) is 3.82. The second kappa shape index (κ2) is 14.1. The molecule has 1 spiro atoms. The molecule has 3 heteroatoms. The van der Waals surface area contributed by atoms with Crippen molar-refractivity contribution < 1.29 is 0 Å². The summed E-state index contributed by atoms with van der Waals surface area (Å²) in [6, 6.07) is 80.6. The first-order chi connectivity index (χ1) is 30.2. The number of fused-ring (bicyclic) bond motifs is 10. The lowest BCUT2D eigenvalue weighted by molar-refractivity contribution is 0.794. The van der Waals surface area contributed by atoms with Crippen LogP contribution in [0.5, 0.6) is 0 Å². The van der Waals surface area contributed by atoms with Gasteiger partial charge < -0.3 is 0 Å². The van der Waals surface area contributed by atoms with E-state index in [1.54, 1.807) is 0 Å². The average molecular weight is 776 g/mol. The summed E-state index contributed by atoms with van der Waals surface area (Å²) in [5.74, 6) is 1.94. The van der Waals surface area contributed by atoms with E-state index in [0.717, 1.165) is 33.4 Å². The van der Waals surface area contributed by atoms with E-state index in [0.29, 0.717) is 17.5 Å². The van der Waals surface area contributed by atoms with Gasteiger partial charge in [0.15, 0.2) is 17.5 Å². The minimum Gasteiger partial charge on any atom is -0.208 e. The first kappa shape index (κ1) is 35.0. The number of benzene rings is 9. The van der Waals surface area contributed by atoms with Crippen molar-refractivity contribution in [2.24, 2.45) is 0 Å². The maximum Gasteiger partial charge on any atom is 0.164 e. The van der Waals surface area contributed by atoms with Crippen molar-refractivity contribution in [2.75, 3.05) is 0 Å². The summed E-state index contributed by atoms with van der Waals surface area (Å²) in [6.07, 6.45) is 0. The van der Waals surface area contributed by atoms with Gasteiger partial charge in [-0.15, -0.1) is 0 Å². The molecule has 1 heterocycles. The Hall–Kier alpha value is -8.01. The molecule has 0 atom stereocenters. The summed E-state index contributed by atoms with van der Waals surface area (Å²) in [5, 5.41) is 0. The third kappa shape index (κ3) is 5.55. The molecule has 284 valence electrons. The third-order valence-corrected chi connectivity index (χ3v) is 12.5. The minimum absolute atomic E-state index is 0.372. The molecule has 1 aromatic heterocycles. The molecule has 12 rings (SSSR count). The Labute approximate surface area is 355 Å². The van der Waals surface area contributed by atoms with Crippen LogP contribution in [0, 0.1) is 0 Å². The Morgan fingerprint density at radius 3 is 1.10 bits per heavy atom. The fourth-order valence-corrected chi connectivity index (χ4v) is 9.90. The standard InChI is InChI=1S/C58H37N3/c1-3-17-38(18-4-1)55-59-56(39-19-5-2-6-20-39)61-57(60-55)45-26-15-24-43(37-45)41-22-13-21-40(35-41)42-23-14-25-44(36-42)46-30-16-34-53-54(46)49-29-9-12-33-52(49)58(53)50-31-10-7-27-47(50)48-28-8-11-32-51(48)58/h1-37H. The maximum atomic E-state index is 5.00. The van der Waals surface area contributed by atoms with Gasteiger partial charge in [0.25, 0.3) is 0 Å². The molecule has 0 unspecified atom stereocenters. The van der Waals surface area contributed by atoms with E-state index >= 15 is 0 Å². The molecule has 9 aromatic carbocycles. The van der Waals surface area contributed by atoms with Crippen molar-refractivity contribution in [3.63, 3.8) is 0 Å². The summed E-state index contributed by atoms with van der Waals surface area (Å²) in [6.45, 7) is 0. The van der Waals surface area contributed by atoms with Gasteiger partial charge in [-0.05, 0) is 96.1 Å². The molecule has 0 saturated heterocycles. The molecule has 61 heavy (non-hydrogen) atoms. The molecular formula is C58H37N3. The molecule has 2 aliphatic rings. The maximum absolute atomic E-state index is 5.00. The topological polar surface area (TPSA) is 38.7 Å². The summed E-state index contributed by atoms with van der Waals surface area (Å²) in [7, 11) is 0.